The second kappa shape index (κ2) is 5.95. The molecule has 8 nitrogen and oxygen atoms in total. The molecule has 0 bridgehead atoms. The molecular formula is C7H12O8P-. The summed E-state index contributed by atoms with van der Waals surface area (Å²) in [6.07, 6.45) is -2.37. The number of carboxylic acids is 1. The van der Waals surface area contributed by atoms with Gasteiger partial charge < -0.3 is 29.3 Å². The van der Waals surface area contributed by atoms with E-state index >= 15 is 0 Å². The zero-order chi connectivity index (χ0) is 12.9. The number of carboxylic acid groups (broad SMARTS) is 1. The van der Waals surface area contributed by atoms with E-state index in [1.807, 2.05) is 0 Å². The van der Waals surface area contributed by atoms with Crippen LogP contribution in [0.5, 0.6) is 0 Å². The van der Waals surface area contributed by atoms with Crippen molar-refractivity contribution >= 4 is 19.5 Å². The highest BCUT2D eigenvalue weighted by molar-refractivity contribution is 7.50. The molecular weight excluding hydrogens is 243 g/mol. The third-order valence-electron chi connectivity index (χ3n) is 1.61. The molecule has 0 rings (SSSR count). The average Bonchev–Trinajstić information content (AvgIpc) is 2.11. The average molecular weight is 255 g/mol. The number of aliphatic hydroxyl groups excluding tert-OH is 1. The number of hydrogen-bond donors (Lipinski definition) is 3. The van der Waals surface area contributed by atoms with Gasteiger partial charge in [-0.15, -0.1) is 0 Å². The second-order valence-electron chi connectivity index (χ2n) is 3.07. The highest BCUT2D eigenvalue weighted by atomic mass is 31.2. The number of rotatable bonds is 6. The summed E-state index contributed by atoms with van der Waals surface area (Å²) in [4.78, 5) is 39.9. The van der Waals surface area contributed by atoms with Gasteiger partial charge in [-0.3, -0.25) is 9.59 Å². The summed E-state index contributed by atoms with van der Waals surface area (Å²) in [6.45, 7) is 1.06. The predicted molar refractivity (Wildman–Crippen MR) is 48.3 cm³/mol. The Hall–Kier alpha value is -0.950. The van der Waals surface area contributed by atoms with Crippen molar-refractivity contribution in [1.29, 1.82) is 0 Å². The quantitative estimate of drug-likeness (QED) is 0.390. The van der Waals surface area contributed by atoms with Crippen LogP contribution >= 0.6 is 7.60 Å². The van der Waals surface area contributed by atoms with Gasteiger partial charge in [-0.25, -0.2) is 0 Å². The first kappa shape index (κ1) is 15.0. The van der Waals surface area contributed by atoms with E-state index in [1.165, 1.54) is 0 Å². The summed E-state index contributed by atoms with van der Waals surface area (Å²) in [5.41, 5.74) is 0. The molecule has 0 amide bonds. The second-order valence-corrected chi connectivity index (χ2v) is 4.72. The maximum absolute atomic E-state index is 10.9. The third kappa shape index (κ3) is 5.82. The lowest BCUT2D eigenvalue weighted by molar-refractivity contribution is -0.207. The summed E-state index contributed by atoms with van der Waals surface area (Å²) in [5.74, 6) is -4.40. The van der Waals surface area contributed by atoms with E-state index in [9.17, 15) is 19.0 Å². The summed E-state index contributed by atoms with van der Waals surface area (Å²) in [7, 11) is -5.00. The van der Waals surface area contributed by atoms with E-state index in [-0.39, 0.29) is 0 Å². The van der Waals surface area contributed by atoms with Gasteiger partial charge in [0.25, 0.3) is 0 Å². The normalized spacial score (nSPS) is 18.2. The number of aliphatic hydroxyl groups is 1. The van der Waals surface area contributed by atoms with E-state index in [4.69, 9.17) is 15.1 Å². The fourth-order valence-corrected chi connectivity index (χ4v) is 1.39. The minimum absolute atomic E-state index is 0.443. The Bertz CT molecular complexity index is 308. The van der Waals surface area contributed by atoms with E-state index in [0.29, 0.717) is 0 Å². The van der Waals surface area contributed by atoms with Crippen LogP contribution < -0.4 is 4.89 Å². The Labute approximate surface area is 91.0 Å². The van der Waals surface area contributed by atoms with Crippen LogP contribution in [0.3, 0.4) is 0 Å². The van der Waals surface area contributed by atoms with Crippen LogP contribution in [0.25, 0.3) is 0 Å². The molecule has 3 unspecified atom stereocenters. The van der Waals surface area contributed by atoms with E-state index in [1.54, 1.807) is 0 Å². The maximum Gasteiger partial charge on any atom is 0.306 e. The minimum atomic E-state index is -5.00. The van der Waals surface area contributed by atoms with Gasteiger partial charge in [-0.1, -0.05) is 0 Å². The zero-order valence-electron chi connectivity index (χ0n) is 8.40. The number of carbonyl (C=O) groups is 2. The monoisotopic (exact) mass is 255 g/mol. The van der Waals surface area contributed by atoms with Crippen molar-refractivity contribution < 1.29 is 38.9 Å². The van der Waals surface area contributed by atoms with Gasteiger partial charge >= 0.3 is 11.9 Å². The highest BCUT2D eigenvalue weighted by Crippen LogP contribution is 2.37. The lowest BCUT2D eigenvalue weighted by atomic mass is 10.3. The van der Waals surface area contributed by atoms with Crippen molar-refractivity contribution in [2.75, 3.05) is 0 Å². The first-order valence-electron chi connectivity index (χ1n) is 4.27. The van der Waals surface area contributed by atoms with Crippen LogP contribution in [0.2, 0.25) is 0 Å². The Morgan fingerprint density at radius 3 is 2.31 bits per heavy atom. The Morgan fingerprint density at radius 2 is 1.94 bits per heavy atom. The van der Waals surface area contributed by atoms with Crippen molar-refractivity contribution in [3.63, 3.8) is 0 Å². The number of aliphatic carboxylic acids is 1. The van der Waals surface area contributed by atoms with Gasteiger partial charge in [-0.05, 0) is 6.92 Å². The first-order valence-corrected chi connectivity index (χ1v) is 5.92. The Kier molecular flexibility index (Phi) is 5.60. The summed E-state index contributed by atoms with van der Waals surface area (Å²) < 4.78 is 14.9. The molecule has 3 N–H and O–H groups in total. The maximum atomic E-state index is 10.9. The van der Waals surface area contributed by atoms with Crippen LogP contribution in [0.1, 0.15) is 19.8 Å². The molecule has 9 heteroatoms. The lowest BCUT2D eigenvalue weighted by Crippen LogP contribution is -2.31. The van der Waals surface area contributed by atoms with Crippen molar-refractivity contribution in [1.82, 2.24) is 0 Å². The number of carbonyl (C=O) groups excluding carboxylic acids is 1. The SMILES string of the molecule is CC(OC(=O)CCC(=O)O)C(O)P(=O)([O-])O. The fourth-order valence-electron chi connectivity index (χ4n) is 0.801. The van der Waals surface area contributed by atoms with Crippen molar-refractivity contribution in [3.8, 4) is 0 Å². The molecule has 0 saturated heterocycles. The van der Waals surface area contributed by atoms with Gasteiger partial charge in [0.2, 0.25) is 0 Å². The number of esters is 1. The highest BCUT2D eigenvalue weighted by Gasteiger charge is 2.27. The third-order valence-corrected chi connectivity index (χ3v) is 2.70. The molecule has 0 radical (unpaired) electrons. The number of hydrogen-bond acceptors (Lipinski definition) is 6. The largest absolute Gasteiger partial charge is 0.777 e. The molecule has 0 aliphatic carbocycles. The molecule has 94 valence electrons. The van der Waals surface area contributed by atoms with Crippen LogP contribution in [0, 0.1) is 0 Å². The topological polar surface area (TPSA) is 144 Å². The van der Waals surface area contributed by atoms with Crippen LogP contribution in [0.4, 0.5) is 0 Å². The molecule has 0 aromatic carbocycles. The summed E-state index contributed by atoms with van der Waals surface area (Å²) >= 11 is 0. The molecule has 0 aliphatic heterocycles. The van der Waals surface area contributed by atoms with Crippen molar-refractivity contribution in [2.45, 2.75) is 31.7 Å². The molecule has 0 saturated carbocycles. The molecule has 3 atom stereocenters. The van der Waals surface area contributed by atoms with Gasteiger partial charge in [0.1, 0.15) is 6.10 Å². The zero-order valence-corrected chi connectivity index (χ0v) is 9.29. The van der Waals surface area contributed by atoms with Gasteiger partial charge in [0.15, 0.2) is 13.4 Å². The molecule has 0 aromatic rings. The Balaban J connectivity index is 4.14. The van der Waals surface area contributed by atoms with Gasteiger partial charge in [0, 0.05) is 0 Å². The van der Waals surface area contributed by atoms with Gasteiger partial charge in [-0.2, -0.15) is 0 Å². The predicted octanol–water partition coefficient (Wildman–Crippen LogP) is -1.35. The lowest BCUT2D eigenvalue weighted by Gasteiger charge is -2.27. The first-order chi connectivity index (χ1) is 7.14. The molecule has 0 aliphatic rings. The molecule has 0 aromatic heterocycles. The molecule has 0 spiro atoms. The minimum Gasteiger partial charge on any atom is -0.777 e. The fraction of sp³-hybridized carbons (Fsp3) is 0.714. The van der Waals surface area contributed by atoms with Crippen molar-refractivity contribution in [2.24, 2.45) is 0 Å². The van der Waals surface area contributed by atoms with Gasteiger partial charge in [0.05, 0.1) is 12.8 Å². The molecule has 0 heterocycles. The number of ether oxygens (including phenoxy) is 1. The van der Waals surface area contributed by atoms with E-state index in [0.717, 1.165) is 6.92 Å². The van der Waals surface area contributed by atoms with E-state index < -0.39 is 44.3 Å². The van der Waals surface area contributed by atoms with Crippen LogP contribution in [-0.4, -0.2) is 39.0 Å². The summed E-state index contributed by atoms with van der Waals surface area (Å²) in [6, 6.07) is 0. The molecule has 0 fully saturated rings. The Morgan fingerprint density at radius 1 is 1.44 bits per heavy atom. The van der Waals surface area contributed by atoms with Crippen LogP contribution in [0.15, 0.2) is 0 Å². The standard InChI is InChI=1S/C7H13O8P/c1-4(7(11)16(12,13)14)15-6(10)3-2-5(8)9/h4,7,11H,2-3H2,1H3,(H,8,9)(H2,12,13,14)/p-1. The smallest absolute Gasteiger partial charge is 0.306 e. The van der Waals surface area contributed by atoms with E-state index in [2.05, 4.69) is 4.74 Å². The summed E-state index contributed by atoms with van der Waals surface area (Å²) in [5, 5.41) is 17.2. The molecule has 16 heavy (non-hydrogen) atoms. The van der Waals surface area contributed by atoms with Crippen LogP contribution in [-0.2, 0) is 18.9 Å². The van der Waals surface area contributed by atoms with Crippen molar-refractivity contribution in [3.05, 3.63) is 0 Å².